The molecule has 7 heteroatoms. The van der Waals surface area contributed by atoms with Crippen LogP contribution in [0.4, 0.5) is 0 Å². The summed E-state index contributed by atoms with van der Waals surface area (Å²) in [5.74, 6) is 1.42. The summed E-state index contributed by atoms with van der Waals surface area (Å²) in [6.45, 7) is 0.709. The number of nitrogens with one attached hydrogen (secondary N) is 2. The number of hydrogen-bond donors (Lipinski definition) is 2. The zero-order valence-corrected chi connectivity index (χ0v) is 22.8. The van der Waals surface area contributed by atoms with Crippen LogP contribution in [0.1, 0.15) is 44.9 Å². The van der Waals surface area contributed by atoms with Crippen LogP contribution < -0.4 is 5.32 Å². The van der Waals surface area contributed by atoms with Crippen LogP contribution in [0.3, 0.4) is 0 Å². The van der Waals surface area contributed by atoms with E-state index < -0.39 is 6.04 Å². The summed E-state index contributed by atoms with van der Waals surface area (Å²) in [7, 11) is 0. The summed E-state index contributed by atoms with van der Waals surface area (Å²) >= 11 is 0. The molecule has 3 aromatic carbocycles. The zero-order valence-electron chi connectivity index (χ0n) is 22.8. The molecule has 0 saturated carbocycles. The number of rotatable bonds is 11. The second-order valence-corrected chi connectivity index (χ2v) is 10.2. The molecule has 0 aliphatic heterocycles. The van der Waals surface area contributed by atoms with Crippen LogP contribution in [0.5, 0.6) is 0 Å². The van der Waals surface area contributed by atoms with Gasteiger partial charge in [-0.25, -0.2) is 0 Å². The lowest BCUT2D eigenvalue weighted by atomic mass is 10.0. The first-order valence-electron chi connectivity index (χ1n) is 14.0. The van der Waals surface area contributed by atoms with E-state index in [2.05, 4.69) is 85.6 Å². The number of hydrogen-bond acceptors (Lipinski definition) is 4. The Labute approximate surface area is 239 Å². The number of benzene rings is 3. The second kappa shape index (κ2) is 12.4. The molecular weight excluding hydrogens is 508 g/mol. The largest absolute Gasteiger partial charge is 0.361 e. The smallest absolute Gasteiger partial charge is 0.270 e. The van der Waals surface area contributed by atoms with Gasteiger partial charge in [-0.2, -0.15) is 0 Å². The number of fused-ring (bicyclic) bond motifs is 1. The molecule has 0 unspecified atom stereocenters. The van der Waals surface area contributed by atoms with E-state index in [0.29, 0.717) is 18.7 Å². The topological polar surface area (TPSA) is 88.5 Å². The lowest BCUT2D eigenvalue weighted by Crippen LogP contribution is -2.33. The summed E-state index contributed by atoms with van der Waals surface area (Å²) in [5, 5.41) is 13.8. The fourth-order valence-corrected chi connectivity index (χ4v) is 5.28. The first-order chi connectivity index (χ1) is 20.2. The van der Waals surface area contributed by atoms with E-state index in [4.69, 9.17) is 5.10 Å². The maximum atomic E-state index is 13.4. The van der Waals surface area contributed by atoms with Gasteiger partial charge >= 0.3 is 0 Å². The fraction of sp³-hybridized carbons (Fsp3) is 0.176. The monoisotopic (exact) mass is 540 g/mol. The van der Waals surface area contributed by atoms with Crippen LogP contribution in [-0.4, -0.2) is 30.6 Å². The van der Waals surface area contributed by atoms with Gasteiger partial charge in [0.2, 0.25) is 0 Å². The minimum Gasteiger partial charge on any atom is -0.361 e. The van der Waals surface area contributed by atoms with Crippen LogP contribution in [-0.2, 0) is 32.2 Å². The number of nitrogens with zero attached hydrogens (tertiary/aromatic N) is 4. The number of carbonyl (C=O) groups is 1. The zero-order chi connectivity index (χ0) is 27.9. The highest BCUT2D eigenvalue weighted by molar-refractivity contribution is 5.92. The van der Waals surface area contributed by atoms with Gasteiger partial charge in [-0.3, -0.25) is 9.78 Å². The van der Waals surface area contributed by atoms with Gasteiger partial charge in [-0.1, -0.05) is 84.9 Å². The molecule has 1 atom stereocenters. The van der Waals surface area contributed by atoms with Gasteiger partial charge in [-0.15, -0.1) is 10.2 Å². The average molecular weight is 541 g/mol. The van der Waals surface area contributed by atoms with Crippen LogP contribution >= 0.6 is 0 Å². The molecule has 41 heavy (non-hydrogen) atoms. The molecule has 0 spiro atoms. The molecule has 204 valence electrons. The molecule has 2 N–H and O–H groups in total. The third-order valence-electron chi connectivity index (χ3n) is 7.42. The normalized spacial score (nSPS) is 11.9. The van der Waals surface area contributed by atoms with Crippen molar-refractivity contribution in [2.45, 2.75) is 38.3 Å². The Bertz CT molecular complexity index is 1710. The van der Waals surface area contributed by atoms with E-state index in [9.17, 15) is 4.79 Å². The summed E-state index contributed by atoms with van der Waals surface area (Å²) in [4.78, 5) is 21.0. The molecule has 6 aromatic rings. The molecule has 0 radical (unpaired) electrons. The molecule has 1 amide bonds. The van der Waals surface area contributed by atoms with E-state index in [-0.39, 0.29) is 5.91 Å². The van der Waals surface area contributed by atoms with Gasteiger partial charge in [0.1, 0.15) is 11.5 Å². The molecular formula is C34H32N6O. The van der Waals surface area contributed by atoms with Crippen molar-refractivity contribution in [3.63, 3.8) is 0 Å². The molecule has 6 rings (SSSR count). The van der Waals surface area contributed by atoms with Crippen molar-refractivity contribution >= 4 is 16.8 Å². The Kier molecular flexibility index (Phi) is 7.94. The van der Waals surface area contributed by atoms with Crippen molar-refractivity contribution in [3.05, 3.63) is 150 Å². The summed E-state index contributed by atoms with van der Waals surface area (Å²) in [6, 6.07) is 34.0. The minimum absolute atomic E-state index is 0.237. The number of carbonyl (C=O) groups excluding carboxylic acids is 1. The second-order valence-electron chi connectivity index (χ2n) is 10.2. The molecule has 0 saturated heterocycles. The predicted octanol–water partition coefficient (Wildman–Crippen LogP) is 5.90. The Morgan fingerprint density at radius 1 is 0.780 bits per heavy atom. The standard InChI is InChI=1S/C34H32N6O/c41-34(30-17-9-10-21-35-30)37-31(23-27-24-36-29-16-8-7-15-28(27)29)33-39-38-32(19-18-25-11-3-1-4-12-25)40(33)22-20-26-13-5-2-6-14-26/h1-17,21,24,31,36H,18-20,22-23H2,(H,37,41)/t31-/m1/s1. The number of aromatic nitrogens is 5. The first kappa shape index (κ1) is 26.2. The van der Waals surface area contributed by atoms with Crippen LogP contribution in [0.25, 0.3) is 10.9 Å². The van der Waals surface area contributed by atoms with Crippen LogP contribution in [0, 0.1) is 0 Å². The summed E-state index contributed by atoms with van der Waals surface area (Å²) in [6.07, 6.45) is 6.65. The Morgan fingerprint density at radius 2 is 1.49 bits per heavy atom. The van der Waals surface area contributed by atoms with Gasteiger partial charge in [0.05, 0.1) is 6.04 Å². The number of amides is 1. The molecule has 7 nitrogen and oxygen atoms in total. The third kappa shape index (κ3) is 6.25. The molecule has 3 heterocycles. The Balaban J connectivity index is 1.35. The fourth-order valence-electron chi connectivity index (χ4n) is 5.28. The van der Waals surface area contributed by atoms with Gasteiger partial charge < -0.3 is 14.9 Å². The quantitative estimate of drug-likeness (QED) is 0.214. The highest BCUT2D eigenvalue weighted by Gasteiger charge is 2.25. The Morgan fingerprint density at radius 3 is 2.24 bits per heavy atom. The maximum Gasteiger partial charge on any atom is 0.270 e. The van der Waals surface area contributed by atoms with Crippen molar-refractivity contribution in [2.75, 3.05) is 0 Å². The number of aromatic amines is 1. The molecule has 3 aromatic heterocycles. The number of H-pyrrole nitrogens is 1. The third-order valence-corrected chi connectivity index (χ3v) is 7.42. The Hall–Kier alpha value is -5.04. The van der Waals surface area contributed by atoms with Crippen molar-refractivity contribution in [2.24, 2.45) is 0 Å². The summed E-state index contributed by atoms with van der Waals surface area (Å²) < 4.78 is 2.20. The number of para-hydroxylation sites is 1. The van der Waals surface area contributed by atoms with Gasteiger partial charge in [0.25, 0.3) is 5.91 Å². The lowest BCUT2D eigenvalue weighted by Gasteiger charge is -2.20. The van der Waals surface area contributed by atoms with E-state index >= 15 is 0 Å². The van der Waals surface area contributed by atoms with E-state index in [1.165, 1.54) is 11.1 Å². The van der Waals surface area contributed by atoms with Gasteiger partial charge in [0, 0.05) is 42.7 Å². The van der Waals surface area contributed by atoms with Crippen LogP contribution in [0.15, 0.2) is 116 Å². The molecule has 0 aliphatic rings. The van der Waals surface area contributed by atoms with Gasteiger partial charge in [-0.05, 0) is 47.7 Å². The highest BCUT2D eigenvalue weighted by atomic mass is 16.2. The lowest BCUT2D eigenvalue weighted by molar-refractivity contribution is 0.0928. The average Bonchev–Trinajstić information content (AvgIpc) is 3.64. The van der Waals surface area contributed by atoms with Crippen molar-refractivity contribution in [3.8, 4) is 0 Å². The maximum absolute atomic E-state index is 13.4. The van der Waals surface area contributed by atoms with E-state index in [1.807, 2.05) is 36.5 Å². The highest BCUT2D eigenvalue weighted by Crippen LogP contribution is 2.25. The summed E-state index contributed by atoms with van der Waals surface area (Å²) in [5.41, 5.74) is 5.04. The minimum atomic E-state index is -0.405. The molecule has 0 bridgehead atoms. The van der Waals surface area contributed by atoms with Crippen molar-refractivity contribution in [1.82, 2.24) is 30.0 Å². The number of aryl methyl sites for hydroxylation is 3. The number of pyridine rings is 1. The van der Waals surface area contributed by atoms with E-state index in [1.54, 1.807) is 18.3 Å². The predicted molar refractivity (Wildman–Crippen MR) is 160 cm³/mol. The molecule has 0 aliphatic carbocycles. The first-order valence-corrected chi connectivity index (χ1v) is 14.0. The SMILES string of the molecule is O=C(N[C@H](Cc1c[nH]c2ccccc12)c1nnc(CCc2ccccc2)n1CCc1ccccc1)c1ccccn1. The molecule has 0 fully saturated rings. The van der Waals surface area contributed by atoms with E-state index in [0.717, 1.165) is 47.4 Å². The van der Waals surface area contributed by atoms with Crippen molar-refractivity contribution < 1.29 is 4.79 Å². The van der Waals surface area contributed by atoms with Crippen LogP contribution in [0.2, 0.25) is 0 Å². The van der Waals surface area contributed by atoms with Gasteiger partial charge in [0.15, 0.2) is 5.82 Å². The van der Waals surface area contributed by atoms with Crippen molar-refractivity contribution in [1.29, 1.82) is 0 Å².